The van der Waals surface area contributed by atoms with Crippen molar-refractivity contribution in [1.82, 2.24) is 9.78 Å². The molecule has 0 aliphatic carbocycles. The number of hydrogen-bond acceptors (Lipinski definition) is 3. The summed E-state index contributed by atoms with van der Waals surface area (Å²) in [5, 5.41) is 15.2. The predicted molar refractivity (Wildman–Crippen MR) is 72.8 cm³/mol. The zero-order chi connectivity index (χ0) is 14.1. The van der Waals surface area contributed by atoms with Crippen molar-refractivity contribution >= 4 is 11.6 Å². The summed E-state index contributed by atoms with van der Waals surface area (Å²) in [4.78, 5) is 0. The lowest BCUT2D eigenvalue weighted by Crippen LogP contribution is -2.35. The Balaban J connectivity index is 3.17. The second-order valence-electron chi connectivity index (χ2n) is 5.88. The Labute approximate surface area is 114 Å². The fraction of sp³-hybridized carbons (Fsp3) is 0.769. The van der Waals surface area contributed by atoms with Gasteiger partial charge in [0.15, 0.2) is 0 Å². The van der Waals surface area contributed by atoms with Gasteiger partial charge < -0.3 is 9.84 Å². The highest BCUT2D eigenvalue weighted by atomic mass is 35.5. The molecule has 2 atom stereocenters. The number of ether oxygens (including phenoxy) is 1. The average Bonchev–Trinajstić information content (AvgIpc) is 2.58. The monoisotopic (exact) mass is 274 g/mol. The molecule has 0 aliphatic heterocycles. The Morgan fingerprint density at radius 2 is 1.94 bits per heavy atom. The molecule has 0 amide bonds. The molecule has 0 fully saturated rings. The van der Waals surface area contributed by atoms with E-state index in [-0.39, 0.29) is 17.6 Å². The van der Waals surface area contributed by atoms with Crippen LogP contribution in [0.1, 0.15) is 52.5 Å². The van der Waals surface area contributed by atoms with Crippen molar-refractivity contribution in [3.63, 3.8) is 0 Å². The second-order valence-corrected chi connectivity index (χ2v) is 6.29. The summed E-state index contributed by atoms with van der Waals surface area (Å²) in [7, 11) is 1.60. The first-order valence-electron chi connectivity index (χ1n) is 6.14. The van der Waals surface area contributed by atoms with Crippen LogP contribution in [-0.4, -0.2) is 28.1 Å². The van der Waals surface area contributed by atoms with E-state index in [0.717, 1.165) is 0 Å². The first-order valence-corrected chi connectivity index (χ1v) is 6.51. The molecule has 1 heterocycles. The smallest absolute Gasteiger partial charge is 0.124 e. The van der Waals surface area contributed by atoms with Crippen LogP contribution in [0.4, 0.5) is 0 Å². The molecule has 0 aromatic carbocycles. The third kappa shape index (κ3) is 3.05. The fourth-order valence-corrected chi connectivity index (χ4v) is 2.38. The number of aromatic nitrogens is 2. The van der Waals surface area contributed by atoms with Crippen LogP contribution in [0.2, 0.25) is 5.02 Å². The third-order valence-corrected chi connectivity index (χ3v) is 3.24. The molecule has 5 heteroatoms. The number of hydrogen-bond donors (Lipinski definition) is 1. The summed E-state index contributed by atoms with van der Waals surface area (Å²) in [6, 6.07) is 0.139. The van der Waals surface area contributed by atoms with E-state index in [1.54, 1.807) is 18.0 Å². The van der Waals surface area contributed by atoms with E-state index in [9.17, 15) is 5.11 Å². The number of nitrogens with zero attached hydrogens (tertiary/aromatic N) is 2. The Hall–Kier alpha value is -0.580. The van der Waals surface area contributed by atoms with Gasteiger partial charge in [-0.25, -0.2) is 0 Å². The maximum Gasteiger partial charge on any atom is 0.124 e. The lowest BCUT2D eigenvalue weighted by molar-refractivity contribution is -0.0757. The summed E-state index contributed by atoms with van der Waals surface area (Å²) < 4.78 is 7.18. The number of aliphatic hydroxyl groups is 1. The van der Waals surface area contributed by atoms with Crippen molar-refractivity contribution in [3.05, 3.63) is 16.9 Å². The Morgan fingerprint density at radius 1 is 1.39 bits per heavy atom. The normalized spacial score (nSPS) is 16.1. The van der Waals surface area contributed by atoms with Gasteiger partial charge in [-0.3, -0.25) is 4.68 Å². The molecule has 1 rings (SSSR count). The Morgan fingerprint density at radius 3 is 2.33 bits per heavy atom. The van der Waals surface area contributed by atoms with Crippen LogP contribution >= 0.6 is 11.6 Å². The Kier molecular flexibility index (Phi) is 4.81. The quantitative estimate of drug-likeness (QED) is 0.917. The van der Waals surface area contributed by atoms with Crippen molar-refractivity contribution in [2.45, 2.75) is 52.9 Å². The molecule has 0 aliphatic rings. The van der Waals surface area contributed by atoms with E-state index in [4.69, 9.17) is 16.3 Å². The number of aliphatic hydroxyl groups excluding tert-OH is 1. The van der Waals surface area contributed by atoms with Crippen molar-refractivity contribution in [2.75, 3.05) is 7.11 Å². The maximum absolute atomic E-state index is 10.5. The molecule has 1 aromatic rings. The zero-order valence-electron chi connectivity index (χ0n) is 11.9. The average molecular weight is 275 g/mol. The van der Waals surface area contributed by atoms with Crippen LogP contribution < -0.4 is 0 Å². The van der Waals surface area contributed by atoms with E-state index >= 15 is 0 Å². The molecule has 0 saturated heterocycles. The van der Waals surface area contributed by atoms with E-state index < -0.39 is 6.10 Å². The highest BCUT2D eigenvalue weighted by Crippen LogP contribution is 2.35. The van der Waals surface area contributed by atoms with Crippen LogP contribution in [0.25, 0.3) is 0 Å². The van der Waals surface area contributed by atoms with E-state index in [0.29, 0.717) is 10.7 Å². The molecule has 0 spiro atoms. The lowest BCUT2D eigenvalue weighted by Gasteiger charge is -2.33. The summed E-state index contributed by atoms with van der Waals surface area (Å²) in [6.45, 7) is 10.1. The molecule has 1 N–H and O–H groups in total. The minimum absolute atomic E-state index is 0.139. The van der Waals surface area contributed by atoms with Crippen LogP contribution in [-0.2, 0) is 4.74 Å². The zero-order valence-corrected chi connectivity index (χ0v) is 12.7. The molecule has 0 saturated carbocycles. The van der Waals surface area contributed by atoms with Crippen molar-refractivity contribution in [2.24, 2.45) is 5.41 Å². The van der Waals surface area contributed by atoms with Crippen LogP contribution in [0.5, 0.6) is 0 Å². The summed E-state index contributed by atoms with van der Waals surface area (Å²) in [5.74, 6) is 0. The molecule has 2 unspecified atom stereocenters. The molecular formula is C13H23ClN2O2. The van der Waals surface area contributed by atoms with Crippen molar-refractivity contribution < 1.29 is 9.84 Å². The van der Waals surface area contributed by atoms with E-state index in [2.05, 4.69) is 5.10 Å². The van der Waals surface area contributed by atoms with Crippen LogP contribution in [0.15, 0.2) is 6.20 Å². The van der Waals surface area contributed by atoms with E-state index in [1.807, 2.05) is 34.6 Å². The van der Waals surface area contributed by atoms with Gasteiger partial charge in [-0.15, -0.1) is 0 Å². The van der Waals surface area contributed by atoms with Gasteiger partial charge in [-0.05, 0) is 19.3 Å². The fourth-order valence-electron chi connectivity index (χ4n) is 2.14. The van der Waals surface area contributed by atoms with Crippen LogP contribution in [0, 0.1) is 5.41 Å². The number of rotatable bonds is 4. The molecular weight excluding hydrogens is 252 g/mol. The van der Waals surface area contributed by atoms with Crippen LogP contribution in [0.3, 0.4) is 0 Å². The van der Waals surface area contributed by atoms with Gasteiger partial charge in [-0.1, -0.05) is 32.4 Å². The van der Waals surface area contributed by atoms with Gasteiger partial charge in [0.25, 0.3) is 0 Å². The summed E-state index contributed by atoms with van der Waals surface area (Å²) in [6.07, 6.45) is 0.423. The minimum Gasteiger partial charge on any atom is -0.384 e. The predicted octanol–water partition coefficient (Wildman–Crippen LogP) is 3.21. The van der Waals surface area contributed by atoms with Gasteiger partial charge >= 0.3 is 0 Å². The van der Waals surface area contributed by atoms with Gasteiger partial charge in [0, 0.05) is 13.2 Å². The lowest BCUT2D eigenvalue weighted by atomic mass is 9.84. The second kappa shape index (κ2) is 5.59. The molecule has 4 nitrogen and oxygen atoms in total. The Bertz CT molecular complexity index is 396. The first-order chi connectivity index (χ1) is 8.20. The maximum atomic E-state index is 10.5. The molecule has 1 aromatic heterocycles. The first kappa shape index (κ1) is 15.5. The molecule has 18 heavy (non-hydrogen) atoms. The summed E-state index contributed by atoms with van der Waals surface area (Å²) >= 11 is 6.14. The minimum atomic E-state index is -0.799. The molecule has 0 radical (unpaired) electrons. The van der Waals surface area contributed by atoms with Gasteiger partial charge in [0.05, 0.1) is 23.0 Å². The van der Waals surface area contributed by atoms with Gasteiger partial charge in [0.1, 0.15) is 6.10 Å². The number of halogens is 1. The SMILES string of the molecule is COC(C(O)c1c(Cl)cnn1C(C)C)C(C)(C)C. The van der Waals surface area contributed by atoms with Crippen molar-refractivity contribution in [1.29, 1.82) is 0 Å². The summed E-state index contributed by atoms with van der Waals surface area (Å²) in [5.41, 5.74) is 0.428. The molecule has 0 bridgehead atoms. The highest BCUT2D eigenvalue weighted by Gasteiger charge is 2.35. The van der Waals surface area contributed by atoms with Gasteiger partial charge in [-0.2, -0.15) is 5.10 Å². The standard InChI is InChI=1S/C13H23ClN2O2/c1-8(2)16-10(9(14)7-15-16)11(17)12(18-6)13(3,4)5/h7-8,11-12,17H,1-6H3. The third-order valence-electron chi connectivity index (χ3n) is 2.95. The largest absolute Gasteiger partial charge is 0.384 e. The topological polar surface area (TPSA) is 47.3 Å². The van der Waals surface area contributed by atoms with E-state index in [1.165, 1.54) is 0 Å². The number of methoxy groups -OCH3 is 1. The highest BCUT2D eigenvalue weighted by molar-refractivity contribution is 6.31. The molecule has 104 valence electrons. The van der Waals surface area contributed by atoms with Gasteiger partial charge in [0.2, 0.25) is 0 Å². The van der Waals surface area contributed by atoms with Crippen molar-refractivity contribution in [3.8, 4) is 0 Å².